The van der Waals surface area contributed by atoms with Crippen molar-refractivity contribution in [1.29, 1.82) is 0 Å². The highest BCUT2D eigenvalue weighted by Gasteiger charge is 2.26. The van der Waals surface area contributed by atoms with Crippen molar-refractivity contribution in [2.75, 3.05) is 13.3 Å². The number of aromatic nitrogens is 3. The van der Waals surface area contributed by atoms with Gasteiger partial charge in [-0.15, -0.1) is 11.8 Å². The van der Waals surface area contributed by atoms with Crippen LogP contribution in [0.4, 0.5) is 0 Å². The maximum atomic E-state index is 4.58. The lowest BCUT2D eigenvalue weighted by Crippen LogP contribution is -2.25. The highest BCUT2D eigenvalue weighted by molar-refractivity contribution is 7.98. The third kappa shape index (κ3) is 1.73. The van der Waals surface area contributed by atoms with Crippen LogP contribution in [0.2, 0.25) is 0 Å². The fourth-order valence-corrected chi connectivity index (χ4v) is 2.73. The summed E-state index contributed by atoms with van der Waals surface area (Å²) >= 11 is 1.72. The fourth-order valence-electron chi connectivity index (χ4n) is 2.29. The number of thioether (sulfide) groups is 1. The molecule has 0 atom stereocenters. The van der Waals surface area contributed by atoms with Gasteiger partial charge >= 0.3 is 0 Å². The van der Waals surface area contributed by atoms with E-state index in [1.807, 2.05) is 7.05 Å². The molecule has 0 radical (unpaired) electrons. The molecule has 0 amide bonds. The van der Waals surface area contributed by atoms with Crippen LogP contribution in [0.5, 0.6) is 0 Å². The SMILES string of the molecule is C=C1c2cc(SC)ccc2-c2nc(=NC)n(C)nc21. The Hall–Kier alpha value is -1.88. The maximum Gasteiger partial charge on any atom is 0.241 e. The standard InChI is InChI=1S/C14H14N4S/c1-8-11-7-9(19-4)5-6-10(11)13-12(8)17-18(3)14(15-2)16-13/h5-7H,1H2,2-4H3. The summed E-state index contributed by atoms with van der Waals surface area (Å²) in [7, 11) is 3.57. The van der Waals surface area contributed by atoms with Crippen molar-refractivity contribution < 1.29 is 0 Å². The summed E-state index contributed by atoms with van der Waals surface area (Å²) in [5.41, 5.74) is 5.50. The van der Waals surface area contributed by atoms with Crippen molar-refractivity contribution in [3.63, 3.8) is 0 Å². The molecule has 4 nitrogen and oxygen atoms in total. The molecule has 0 unspecified atom stereocenters. The molecule has 0 N–H and O–H groups in total. The molecule has 0 bridgehead atoms. The molecule has 2 aromatic rings. The second-order valence-corrected chi connectivity index (χ2v) is 5.23. The van der Waals surface area contributed by atoms with Gasteiger partial charge in [0.05, 0.1) is 0 Å². The predicted octanol–water partition coefficient (Wildman–Crippen LogP) is 2.11. The van der Waals surface area contributed by atoms with E-state index >= 15 is 0 Å². The highest BCUT2D eigenvalue weighted by Crippen LogP contribution is 2.41. The smallest absolute Gasteiger partial charge is 0.241 e. The molecule has 1 heterocycles. The number of benzene rings is 1. The molecular weight excluding hydrogens is 256 g/mol. The Bertz CT molecular complexity index is 759. The second kappa shape index (κ2) is 4.35. The van der Waals surface area contributed by atoms with Crippen molar-refractivity contribution in [3.05, 3.63) is 41.7 Å². The van der Waals surface area contributed by atoms with Crippen LogP contribution >= 0.6 is 11.8 Å². The highest BCUT2D eigenvalue weighted by atomic mass is 32.2. The molecule has 96 valence electrons. The molecular formula is C14H14N4S. The van der Waals surface area contributed by atoms with Crippen LogP contribution in [-0.4, -0.2) is 28.1 Å². The average molecular weight is 270 g/mol. The first-order chi connectivity index (χ1) is 9.15. The summed E-state index contributed by atoms with van der Waals surface area (Å²) in [6, 6.07) is 6.34. The first-order valence-corrected chi connectivity index (χ1v) is 7.14. The lowest BCUT2D eigenvalue weighted by Gasteiger charge is -2.02. The molecule has 19 heavy (non-hydrogen) atoms. The predicted molar refractivity (Wildman–Crippen MR) is 77.8 cm³/mol. The summed E-state index contributed by atoms with van der Waals surface area (Å²) in [6.07, 6.45) is 2.07. The van der Waals surface area contributed by atoms with Crippen LogP contribution in [0.15, 0.2) is 34.7 Å². The Labute approximate surface area is 115 Å². The van der Waals surface area contributed by atoms with E-state index in [2.05, 4.69) is 46.1 Å². The summed E-state index contributed by atoms with van der Waals surface area (Å²) in [5.74, 6) is 0. The van der Waals surface area contributed by atoms with Crippen LogP contribution in [0.3, 0.4) is 0 Å². The Kier molecular flexibility index (Phi) is 2.78. The molecule has 1 aromatic heterocycles. The molecule has 5 heteroatoms. The van der Waals surface area contributed by atoms with E-state index in [9.17, 15) is 0 Å². The zero-order valence-corrected chi connectivity index (χ0v) is 12.0. The molecule has 0 aliphatic heterocycles. The zero-order chi connectivity index (χ0) is 13.6. The van der Waals surface area contributed by atoms with E-state index in [4.69, 9.17) is 0 Å². The van der Waals surface area contributed by atoms with Gasteiger partial charge in [0, 0.05) is 30.1 Å². The number of hydrogen-bond acceptors (Lipinski definition) is 4. The zero-order valence-electron chi connectivity index (χ0n) is 11.1. The van der Waals surface area contributed by atoms with Gasteiger partial charge in [-0.05, 0) is 24.0 Å². The third-order valence-corrected chi connectivity index (χ3v) is 3.99. The van der Waals surface area contributed by atoms with Gasteiger partial charge in [0.25, 0.3) is 0 Å². The average Bonchev–Trinajstić information content (AvgIpc) is 2.70. The minimum atomic E-state index is 0.619. The van der Waals surface area contributed by atoms with Gasteiger partial charge in [0.2, 0.25) is 5.62 Å². The normalized spacial score (nSPS) is 13.6. The van der Waals surface area contributed by atoms with Crippen molar-refractivity contribution in [3.8, 4) is 11.3 Å². The van der Waals surface area contributed by atoms with E-state index in [0.29, 0.717) is 5.62 Å². The van der Waals surface area contributed by atoms with E-state index in [-0.39, 0.29) is 0 Å². The monoisotopic (exact) mass is 270 g/mol. The van der Waals surface area contributed by atoms with Crippen LogP contribution < -0.4 is 5.62 Å². The fraction of sp³-hybridized carbons (Fsp3) is 0.214. The molecule has 1 aliphatic carbocycles. The number of rotatable bonds is 1. The van der Waals surface area contributed by atoms with E-state index < -0.39 is 0 Å². The largest absolute Gasteiger partial charge is 0.253 e. The van der Waals surface area contributed by atoms with Crippen molar-refractivity contribution in [2.24, 2.45) is 12.0 Å². The number of nitrogens with zero attached hydrogens (tertiary/aromatic N) is 4. The van der Waals surface area contributed by atoms with Crippen LogP contribution in [0.25, 0.3) is 16.8 Å². The lowest BCUT2D eigenvalue weighted by atomic mass is 10.1. The van der Waals surface area contributed by atoms with Crippen molar-refractivity contribution >= 4 is 17.3 Å². The molecule has 0 saturated carbocycles. The Morgan fingerprint density at radius 1 is 1.26 bits per heavy atom. The molecule has 0 spiro atoms. The third-order valence-electron chi connectivity index (χ3n) is 3.27. The topological polar surface area (TPSA) is 43.1 Å². The Morgan fingerprint density at radius 2 is 2.05 bits per heavy atom. The summed E-state index contributed by atoms with van der Waals surface area (Å²) < 4.78 is 1.69. The minimum Gasteiger partial charge on any atom is -0.253 e. The van der Waals surface area contributed by atoms with Gasteiger partial charge in [-0.1, -0.05) is 12.6 Å². The Morgan fingerprint density at radius 3 is 2.74 bits per heavy atom. The molecule has 1 aromatic carbocycles. The molecule has 3 rings (SSSR count). The van der Waals surface area contributed by atoms with Gasteiger partial charge in [-0.2, -0.15) is 5.10 Å². The molecule has 0 saturated heterocycles. The summed E-state index contributed by atoms with van der Waals surface area (Å²) in [4.78, 5) is 9.94. The van der Waals surface area contributed by atoms with Crippen LogP contribution in [0.1, 0.15) is 11.3 Å². The van der Waals surface area contributed by atoms with Gasteiger partial charge in [0.1, 0.15) is 11.4 Å². The van der Waals surface area contributed by atoms with E-state index in [0.717, 1.165) is 28.1 Å². The van der Waals surface area contributed by atoms with Crippen molar-refractivity contribution in [2.45, 2.75) is 4.90 Å². The minimum absolute atomic E-state index is 0.619. The summed E-state index contributed by atoms with van der Waals surface area (Å²) in [5, 5.41) is 4.53. The first kappa shape index (κ1) is 12.2. The van der Waals surface area contributed by atoms with E-state index in [1.165, 1.54) is 4.90 Å². The quantitative estimate of drug-likeness (QED) is 0.636. The van der Waals surface area contributed by atoms with E-state index in [1.54, 1.807) is 23.5 Å². The Balaban J connectivity index is 2.32. The van der Waals surface area contributed by atoms with Gasteiger partial charge in [0.15, 0.2) is 0 Å². The maximum absolute atomic E-state index is 4.58. The van der Waals surface area contributed by atoms with Gasteiger partial charge in [-0.3, -0.25) is 4.99 Å². The second-order valence-electron chi connectivity index (χ2n) is 4.35. The number of hydrogen-bond donors (Lipinski definition) is 0. The number of aryl methyl sites for hydroxylation is 1. The van der Waals surface area contributed by atoms with Gasteiger partial charge < -0.3 is 0 Å². The lowest BCUT2D eigenvalue weighted by molar-refractivity contribution is 0.652. The first-order valence-electron chi connectivity index (χ1n) is 5.92. The molecule has 1 aliphatic rings. The van der Waals surface area contributed by atoms with Crippen LogP contribution in [-0.2, 0) is 7.05 Å². The van der Waals surface area contributed by atoms with Gasteiger partial charge in [-0.25, -0.2) is 9.67 Å². The van der Waals surface area contributed by atoms with Crippen molar-refractivity contribution in [1.82, 2.24) is 14.8 Å². The summed E-state index contributed by atoms with van der Waals surface area (Å²) in [6.45, 7) is 4.15. The number of fused-ring (bicyclic) bond motifs is 3. The van der Waals surface area contributed by atoms with Crippen LogP contribution in [0, 0.1) is 0 Å². The molecule has 0 fully saturated rings.